The zero-order valence-corrected chi connectivity index (χ0v) is 10.9. The van der Waals surface area contributed by atoms with E-state index in [0.717, 1.165) is 29.9 Å². The first-order valence-corrected chi connectivity index (χ1v) is 6.26. The van der Waals surface area contributed by atoms with Crippen molar-refractivity contribution in [2.45, 2.75) is 26.2 Å². The number of halogens is 2. The third-order valence-electron chi connectivity index (χ3n) is 2.91. The molecule has 0 atom stereocenters. The molecule has 2 rings (SSSR count). The number of nitrogens with zero attached hydrogens (tertiary/aromatic N) is 1. The molecule has 0 aromatic heterocycles. The van der Waals surface area contributed by atoms with E-state index in [1.165, 1.54) is 12.8 Å². The Labute approximate surface area is 107 Å². The van der Waals surface area contributed by atoms with Gasteiger partial charge in [0.1, 0.15) is 0 Å². The van der Waals surface area contributed by atoms with Crippen LogP contribution < -0.4 is 4.90 Å². The van der Waals surface area contributed by atoms with E-state index in [4.69, 9.17) is 23.2 Å². The van der Waals surface area contributed by atoms with Crippen molar-refractivity contribution in [3.8, 4) is 0 Å². The molecule has 1 heterocycles. The van der Waals surface area contributed by atoms with Gasteiger partial charge in [-0.3, -0.25) is 0 Å². The molecule has 1 saturated heterocycles. The molecular formula is C13H15Cl2N. The number of hydrogen-bond acceptors (Lipinski definition) is 1. The highest BCUT2D eigenvalue weighted by Gasteiger charge is 2.20. The molecule has 1 aliphatic rings. The molecule has 1 aromatic rings. The summed E-state index contributed by atoms with van der Waals surface area (Å²) in [4.78, 5) is 2.15. The van der Waals surface area contributed by atoms with Gasteiger partial charge in [-0.2, -0.15) is 0 Å². The molecule has 0 amide bonds. The van der Waals surface area contributed by atoms with Gasteiger partial charge in [0.2, 0.25) is 0 Å². The van der Waals surface area contributed by atoms with Crippen LogP contribution in [-0.4, -0.2) is 6.54 Å². The molecule has 1 aliphatic heterocycles. The lowest BCUT2D eigenvalue weighted by atomic mass is 10.1. The standard InChI is InChI=1S/C13H15Cl2N/c1-9-7-11(14)13(12(15)8-9)16-6-4-3-5-10(16)2/h7-8H,2-6H2,1H3. The summed E-state index contributed by atoms with van der Waals surface area (Å²) in [6.07, 6.45) is 3.40. The van der Waals surface area contributed by atoms with Gasteiger partial charge in [-0.05, 0) is 43.9 Å². The average molecular weight is 256 g/mol. The second-order valence-electron chi connectivity index (χ2n) is 4.25. The quantitative estimate of drug-likeness (QED) is 0.697. The highest BCUT2D eigenvalue weighted by molar-refractivity contribution is 6.39. The summed E-state index contributed by atoms with van der Waals surface area (Å²) in [5, 5.41) is 1.43. The third-order valence-corrected chi connectivity index (χ3v) is 3.49. The zero-order chi connectivity index (χ0) is 11.7. The zero-order valence-electron chi connectivity index (χ0n) is 9.39. The molecule has 0 spiro atoms. The number of allylic oxidation sites excluding steroid dienone is 1. The Balaban J connectivity index is 2.42. The predicted molar refractivity (Wildman–Crippen MR) is 71.5 cm³/mol. The molecule has 1 aromatic carbocycles. The largest absolute Gasteiger partial charge is 0.343 e. The van der Waals surface area contributed by atoms with Gasteiger partial charge in [0.15, 0.2) is 0 Å². The van der Waals surface area contributed by atoms with Crippen molar-refractivity contribution in [2.75, 3.05) is 11.4 Å². The minimum absolute atomic E-state index is 0.716. The third kappa shape index (κ3) is 2.21. The summed E-state index contributed by atoms with van der Waals surface area (Å²) in [5.74, 6) is 0. The smallest absolute Gasteiger partial charge is 0.0786 e. The fraction of sp³-hybridized carbons (Fsp3) is 0.385. The van der Waals surface area contributed by atoms with Crippen molar-refractivity contribution < 1.29 is 0 Å². The Kier molecular flexibility index (Phi) is 3.46. The second-order valence-corrected chi connectivity index (χ2v) is 5.07. The molecule has 0 saturated carbocycles. The topological polar surface area (TPSA) is 3.24 Å². The van der Waals surface area contributed by atoms with Gasteiger partial charge in [-0.1, -0.05) is 29.8 Å². The molecule has 16 heavy (non-hydrogen) atoms. The van der Waals surface area contributed by atoms with Crippen molar-refractivity contribution >= 4 is 28.9 Å². The van der Waals surface area contributed by atoms with Gasteiger partial charge < -0.3 is 4.90 Å². The minimum atomic E-state index is 0.716. The molecule has 0 radical (unpaired) electrons. The van der Waals surface area contributed by atoms with E-state index in [-0.39, 0.29) is 0 Å². The Bertz CT molecular complexity index is 403. The van der Waals surface area contributed by atoms with E-state index in [1.807, 2.05) is 19.1 Å². The van der Waals surface area contributed by atoms with Crippen molar-refractivity contribution in [1.82, 2.24) is 0 Å². The van der Waals surface area contributed by atoms with Crippen LogP contribution in [0.5, 0.6) is 0 Å². The van der Waals surface area contributed by atoms with Crippen molar-refractivity contribution in [1.29, 1.82) is 0 Å². The Hall–Kier alpha value is -0.660. The Morgan fingerprint density at radius 2 is 1.81 bits per heavy atom. The Morgan fingerprint density at radius 3 is 2.38 bits per heavy atom. The lowest BCUT2D eigenvalue weighted by molar-refractivity contribution is 0.641. The molecule has 86 valence electrons. The Morgan fingerprint density at radius 1 is 1.19 bits per heavy atom. The normalized spacial score (nSPS) is 16.7. The van der Waals surface area contributed by atoms with Crippen LogP contribution in [0.4, 0.5) is 5.69 Å². The van der Waals surface area contributed by atoms with Gasteiger partial charge >= 0.3 is 0 Å². The van der Waals surface area contributed by atoms with Crippen LogP contribution in [0.1, 0.15) is 24.8 Å². The van der Waals surface area contributed by atoms with Crippen LogP contribution in [0.2, 0.25) is 10.0 Å². The second kappa shape index (κ2) is 4.68. The fourth-order valence-electron chi connectivity index (χ4n) is 2.11. The number of benzene rings is 1. The maximum absolute atomic E-state index is 6.27. The first kappa shape index (κ1) is 11.8. The first-order chi connectivity index (χ1) is 7.59. The number of anilines is 1. The summed E-state index contributed by atoms with van der Waals surface area (Å²) in [6, 6.07) is 3.90. The summed E-state index contributed by atoms with van der Waals surface area (Å²) in [6.45, 7) is 7.04. The molecule has 0 N–H and O–H groups in total. The van der Waals surface area contributed by atoms with Crippen molar-refractivity contribution in [3.63, 3.8) is 0 Å². The van der Waals surface area contributed by atoms with Gasteiger partial charge in [0, 0.05) is 12.2 Å². The lowest BCUT2D eigenvalue weighted by Gasteiger charge is -2.32. The van der Waals surface area contributed by atoms with Crippen LogP contribution in [0.15, 0.2) is 24.4 Å². The van der Waals surface area contributed by atoms with E-state index in [9.17, 15) is 0 Å². The molecule has 1 nitrogen and oxygen atoms in total. The number of aryl methyl sites for hydroxylation is 1. The lowest BCUT2D eigenvalue weighted by Crippen LogP contribution is -2.27. The minimum Gasteiger partial charge on any atom is -0.343 e. The molecule has 1 fully saturated rings. The fourth-order valence-corrected chi connectivity index (χ4v) is 2.91. The maximum atomic E-state index is 6.27. The van der Waals surface area contributed by atoms with Crippen LogP contribution in [0, 0.1) is 6.92 Å². The molecular weight excluding hydrogens is 241 g/mol. The highest BCUT2D eigenvalue weighted by atomic mass is 35.5. The van der Waals surface area contributed by atoms with Crippen molar-refractivity contribution in [3.05, 3.63) is 40.0 Å². The van der Waals surface area contributed by atoms with Gasteiger partial charge in [0.25, 0.3) is 0 Å². The van der Waals surface area contributed by atoms with Gasteiger partial charge in [0.05, 0.1) is 15.7 Å². The molecule has 0 aliphatic carbocycles. The monoisotopic (exact) mass is 255 g/mol. The summed E-state index contributed by atoms with van der Waals surface area (Å²) in [7, 11) is 0. The first-order valence-electron chi connectivity index (χ1n) is 5.50. The van der Waals surface area contributed by atoms with Crippen LogP contribution >= 0.6 is 23.2 Å². The SMILES string of the molecule is C=C1CCCCN1c1c(Cl)cc(C)cc1Cl. The number of rotatable bonds is 1. The van der Waals surface area contributed by atoms with Crippen LogP contribution in [0.25, 0.3) is 0 Å². The van der Waals surface area contributed by atoms with Crippen LogP contribution in [0.3, 0.4) is 0 Å². The van der Waals surface area contributed by atoms with Gasteiger partial charge in [-0.25, -0.2) is 0 Å². The molecule has 0 unspecified atom stereocenters. The van der Waals surface area contributed by atoms with Crippen molar-refractivity contribution in [2.24, 2.45) is 0 Å². The maximum Gasteiger partial charge on any atom is 0.0786 e. The van der Waals surface area contributed by atoms with E-state index < -0.39 is 0 Å². The van der Waals surface area contributed by atoms with E-state index in [2.05, 4.69) is 11.5 Å². The molecule has 3 heteroatoms. The van der Waals surface area contributed by atoms with E-state index in [1.54, 1.807) is 0 Å². The summed E-state index contributed by atoms with van der Waals surface area (Å²) >= 11 is 12.5. The highest BCUT2D eigenvalue weighted by Crippen LogP contribution is 2.38. The summed E-state index contributed by atoms with van der Waals surface area (Å²) < 4.78 is 0. The summed E-state index contributed by atoms with van der Waals surface area (Å²) in [5.41, 5.74) is 3.11. The van der Waals surface area contributed by atoms with Gasteiger partial charge in [-0.15, -0.1) is 0 Å². The average Bonchev–Trinajstić information content (AvgIpc) is 2.19. The van der Waals surface area contributed by atoms with E-state index >= 15 is 0 Å². The predicted octanol–water partition coefficient (Wildman–Crippen LogP) is 4.81. The number of piperidine rings is 1. The van der Waals surface area contributed by atoms with Crippen LogP contribution in [-0.2, 0) is 0 Å². The number of hydrogen-bond donors (Lipinski definition) is 0. The molecule has 0 bridgehead atoms. The van der Waals surface area contributed by atoms with E-state index in [0.29, 0.717) is 10.0 Å².